The number of aryl methyl sites for hydroxylation is 1. The first kappa shape index (κ1) is 22.6. The fraction of sp³-hybridized carbons (Fsp3) is 0.381. The molecule has 5 heteroatoms. The maximum absolute atomic E-state index is 7.82. The molecule has 1 rings (SSSR count). The average Bonchev–Trinajstić information content (AvgIpc) is 2.63. The normalized spacial score (nSPS) is 16.5. The highest BCUT2D eigenvalue weighted by Gasteiger charge is 2.22. The summed E-state index contributed by atoms with van der Waals surface area (Å²) in [6.45, 7) is 8.50. The standard InChI is InChI=1S/C21H31N3S2/c1-5-6-11-20(25)19(13-24-21(26)15(3)16(4)23)18(12-22)17-10-8-7-9-14(17)2/h5-12,15,19,21,23-26H,13,22H2,1-4H3/b6-5-,18-12+,20-11-,23-16?. The lowest BCUT2D eigenvalue weighted by atomic mass is 9.89. The molecule has 0 aliphatic carbocycles. The summed E-state index contributed by atoms with van der Waals surface area (Å²) in [5.41, 5.74) is 9.96. The summed E-state index contributed by atoms with van der Waals surface area (Å²) >= 11 is 9.36. The molecule has 0 bridgehead atoms. The van der Waals surface area contributed by atoms with Gasteiger partial charge in [0, 0.05) is 24.1 Å². The zero-order chi connectivity index (χ0) is 19.7. The van der Waals surface area contributed by atoms with Crippen LogP contribution in [0.25, 0.3) is 5.57 Å². The second-order valence-electron chi connectivity index (χ2n) is 6.43. The largest absolute Gasteiger partial charge is 0.404 e. The van der Waals surface area contributed by atoms with Crippen LogP contribution < -0.4 is 11.1 Å². The van der Waals surface area contributed by atoms with Gasteiger partial charge in [0.25, 0.3) is 0 Å². The molecule has 0 heterocycles. The quantitative estimate of drug-likeness (QED) is 0.182. The molecule has 0 spiro atoms. The Balaban J connectivity index is 3.16. The Kier molecular flexibility index (Phi) is 9.84. The predicted octanol–water partition coefficient (Wildman–Crippen LogP) is 4.82. The van der Waals surface area contributed by atoms with Crippen LogP contribution in [0.5, 0.6) is 0 Å². The summed E-state index contributed by atoms with van der Waals surface area (Å²) in [5.74, 6) is 0.0409. The van der Waals surface area contributed by atoms with Crippen LogP contribution in [0.2, 0.25) is 0 Å². The Labute approximate surface area is 169 Å². The molecule has 3 atom stereocenters. The minimum Gasteiger partial charge on any atom is -0.404 e. The van der Waals surface area contributed by atoms with Gasteiger partial charge in [-0.05, 0) is 48.6 Å². The van der Waals surface area contributed by atoms with Crippen molar-refractivity contribution in [2.24, 2.45) is 17.6 Å². The first-order chi connectivity index (χ1) is 12.3. The summed E-state index contributed by atoms with van der Waals surface area (Å²) in [7, 11) is 0. The average molecular weight is 390 g/mol. The lowest BCUT2D eigenvalue weighted by molar-refractivity contribution is 0.549. The van der Waals surface area contributed by atoms with Crippen LogP contribution in [0.4, 0.5) is 0 Å². The predicted molar refractivity (Wildman–Crippen MR) is 122 cm³/mol. The van der Waals surface area contributed by atoms with Crippen molar-refractivity contribution in [1.82, 2.24) is 5.32 Å². The number of hydrogen-bond acceptors (Lipinski definition) is 5. The van der Waals surface area contributed by atoms with Crippen molar-refractivity contribution in [2.75, 3.05) is 6.54 Å². The van der Waals surface area contributed by atoms with E-state index in [1.165, 1.54) is 5.56 Å². The van der Waals surface area contributed by atoms with Crippen LogP contribution in [0.1, 0.15) is 31.9 Å². The van der Waals surface area contributed by atoms with Crippen molar-refractivity contribution < 1.29 is 0 Å². The number of nitrogens with two attached hydrogens (primary N) is 1. The smallest absolute Gasteiger partial charge is 0.0581 e. The van der Waals surface area contributed by atoms with E-state index in [9.17, 15) is 0 Å². The molecule has 142 valence electrons. The Hall–Kier alpha value is -1.43. The third kappa shape index (κ3) is 6.38. The maximum atomic E-state index is 7.82. The number of hydrogen-bond donors (Lipinski definition) is 5. The van der Waals surface area contributed by atoms with Gasteiger partial charge in [-0.3, -0.25) is 0 Å². The van der Waals surface area contributed by atoms with Gasteiger partial charge in [-0.15, -0.1) is 12.6 Å². The van der Waals surface area contributed by atoms with E-state index in [1.54, 1.807) is 6.20 Å². The summed E-state index contributed by atoms with van der Waals surface area (Å²) in [4.78, 5) is 0.926. The van der Waals surface area contributed by atoms with E-state index in [-0.39, 0.29) is 17.2 Å². The Morgan fingerprint density at radius 2 is 2.00 bits per heavy atom. The van der Waals surface area contributed by atoms with Crippen molar-refractivity contribution in [1.29, 1.82) is 5.41 Å². The fourth-order valence-corrected chi connectivity index (χ4v) is 3.27. The lowest BCUT2D eigenvalue weighted by Crippen LogP contribution is -2.37. The van der Waals surface area contributed by atoms with Crippen molar-refractivity contribution in [2.45, 2.75) is 33.1 Å². The minimum absolute atomic E-state index is 0.00600. The number of allylic oxidation sites excluding steroid dienone is 3. The van der Waals surface area contributed by atoms with Crippen molar-refractivity contribution >= 4 is 36.5 Å². The highest BCUT2D eigenvalue weighted by atomic mass is 32.1. The van der Waals surface area contributed by atoms with E-state index in [1.807, 2.05) is 51.1 Å². The monoisotopic (exact) mass is 389 g/mol. The SMILES string of the molecule is C/C=C\C=C(/S)C(CNC(S)C(C)C(C)=N)/C(=C/N)c1ccccc1C. The van der Waals surface area contributed by atoms with Crippen LogP contribution in [-0.2, 0) is 0 Å². The van der Waals surface area contributed by atoms with E-state index >= 15 is 0 Å². The molecule has 0 aliphatic rings. The van der Waals surface area contributed by atoms with Gasteiger partial charge in [0.05, 0.1) is 5.37 Å². The maximum Gasteiger partial charge on any atom is 0.0581 e. The van der Waals surface area contributed by atoms with E-state index < -0.39 is 0 Å². The molecule has 0 saturated carbocycles. The summed E-state index contributed by atoms with van der Waals surface area (Å²) < 4.78 is 0. The second-order valence-corrected chi connectivity index (χ2v) is 7.50. The van der Waals surface area contributed by atoms with Gasteiger partial charge in [-0.25, -0.2) is 0 Å². The van der Waals surface area contributed by atoms with Gasteiger partial charge in [-0.2, -0.15) is 12.6 Å². The zero-order valence-electron chi connectivity index (χ0n) is 16.0. The van der Waals surface area contributed by atoms with E-state index in [0.717, 1.165) is 16.0 Å². The number of thiol groups is 2. The van der Waals surface area contributed by atoms with Crippen LogP contribution in [0.3, 0.4) is 0 Å². The van der Waals surface area contributed by atoms with E-state index in [0.29, 0.717) is 12.3 Å². The van der Waals surface area contributed by atoms with E-state index in [2.05, 4.69) is 37.0 Å². The van der Waals surface area contributed by atoms with Crippen molar-refractivity contribution in [3.05, 3.63) is 64.7 Å². The molecule has 0 amide bonds. The molecule has 0 fully saturated rings. The Morgan fingerprint density at radius 3 is 2.54 bits per heavy atom. The molecule has 26 heavy (non-hydrogen) atoms. The fourth-order valence-electron chi connectivity index (χ4n) is 2.63. The van der Waals surface area contributed by atoms with Crippen molar-refractivity contribution in [3.8, 4) is 0 Å². The van der Waals surface area contributed by atoms with Crippen LogP contribution in [0, 0.1) is 24.2 Å². The Morgan fingerprint density at radius 1 is 1.35 bits per heavy atom. The van der Waals surface area contributed by atoms with Crippen LogP contribution >= 0.6 is 25.3 Å². The molecule has 3 nitrogen and oxygen atoms in total. The summed E-state index contributed by atoms with van der Waals surface area (Å²) in [6.07, 6.45) is 7.62. The van der Waals surface area contributed by atoms with Gasteiger partial charge in [0.1, 0.15) is 0 Å². The molecule has 0 radical (unpaired) electrons. The summed E-state index contributed by atoms with van der Waals surface area (Å²) in [6, 6.07) is 8.21. The van der Waals surface area contributed by atoms with Gasteiger partial charge in [-0.1, -0.05) is 49.4 Å². The molecular formula is C21H31N3S2. The van der Waals surface area contributed by atoms with Crippen molar-refractivity contribution in [3.63, 3.8) is 0 Å². The first-order valence-electron chi connectivity index (χ1n) is 8.79. The molecule has 3 unspecified atom stereocenters. The second kappa shape index (κ2) is 11.3. The van der Waals surface area contributed by atoms with Crippen LogP contribution in [0.15, 0.2) is 53.6 Å². The zero-order valence-corrected chi connectivity index (χ0v) is 17.8. The number of rotatable bonds is 9. The Bertz CT molecular complexity index is 692. The number of nitrogens with one attached hydrogen (secondary N) is 2. The molecule has 0 saturated heterocycles. The van der Waals surface area contributed by atoms with Crippen LogP contribution in [-0.4, -0.2) is 17.6 Å². The molecule has 0 aliphatic heterocycles. The topological polar surface area (TPSA) is 61.9 Å². The molecule has 1 aromatic carbocycles. The minimum atomic E-state index is -0.103. The third-order valence-electron chi connectivity index (χ3n) is 4.52. The molecule has 4 N–H and O–H groups in total. The highest BCUT2D eigenvalue weighted by molar-refractivity contribution is 7.84. The molecule has 1 aromatic rings. The third-order valence-corrected chi connectivity index (χ3v) is 5.61. The summed E-state index contributed by atoms with van der Waals surface area (Å²) in [5, 5.41) is 11.2. The van der Waals surface area contributed by atoms with Gasteiger partial charge in [0.15, 0.2) is 0 Å². The molecule has 0 aromatic heterocycles. The highest BCUT2D eigenvalue weighted by Crippen LogP contribution is 2.32. The first-order valence-corrected chi connectivity index (χ1v) is 9.75. The van der Waals surface area contributed by atoms with Gasteiger partial charge < -0.3 is 16.5 Å². The number of benzene rings is 1. The molecular weight excluding hydrogens is 358 g/mol. The lowest BCUT2D eigenvalue weighted by Gasteiger charge is -2.26. The van der Waals surface area contributed by atoms with Gasteiger partial charge in [0.2, 0.25) is 0 Å². The van der Waals surface area contributed by atoms with Gasteiger partial charge >= 0.3 is 0 Å². The van der Waals surface area contributed by atoms with E-state index in [4.69, 9.17) is 23.8 Å².